The van der Waals surface area contributed by atoms with Gasteiger partial charge in [0, 0.05) is 25.7 Å². The summed E-state index contributed by atoms with van der Waals surface area (Å²) in [6, 6.07) is 3.85. The van der Waals surface area contributed by atoms with E-state index in [1.807, 2.05) is 30.4 Å². The molecule has 1 heterocycles. The zero-order valence-electron chi connectivity index (χ0n) is 7.44. The van der Waals surface area contributed by atoms with Crippen LogP contribution in [0.3, 0.4) is 0 Å². The summed E-state index contributed by atoms with van der Waals surface area (Å²) in [7, 11) is 1.92. The van der Waals surface area contributed by atoms with Crippen molar-refractivity contribution in [1.82, 2.24) is 4.98 Å². The Balaban J connectivity index is 2.65. The number of anilines is 1. The lowest BCUT2D eigenvalue weighted by molar-refractivity contribution is 1.01. The molecule has 0 atom stereocenters. The normalized spacial score (nSPS) is 10.5. The van der Waals surface area contributed by atoms with E-state index in [9.17, 15) is 0 Å². The maximum Gasteiger partial charge on any atom is 0.0621 e. The van der Waals surface area contributed by atoms with Crippen molar-refractivity contribution >= 4 is 11.9 Å². The average Bonchev–Trinajstić information content (AvgIpc) is 2.15. The molecule has 1 aromatic heterocycles. The Morgan fingerprint density at radius 2 is 2.17 bits per heavy atom. The van der Waals surface area contributed by atoms with Gasteiger partial charge in [-0.15, -0.1) is 0 Å². The monoisotopic (exact) mass is 163 g/mol. The van der Waals surface area contributed by atoms with E-state index in [0.29, 0.717) is 0 Å². The van der Waals surface area contributed by atoms with Crippen LogP contribution in [0.1, 0.15) is 13.3 Å². The Morgan fingerprint density at radius 3 is 2.75 bits per heavy atom. The van der Waals surface area contributed by atoms with E-state index >= 15 is 0 Å². The average molecular weight is 163 g/mol. The predicted molar refractivity (Wildman–Crippen MR) is 51.4 cm³/mol. The maximum atomic E-state index is 4.19. The molecule has 0 spiro atoms. The summed E-state index contributed by atoms with van der Waals surface area (Å²) in [6.07, 6.45) is 6.34. The summed E-state index contributed by atoms with van der Waals surface area (Å²) in [6.45, 7) is 2.06. The fourth-order valence-corrected chi connectivity index (χ4v) is 0.831. The van der Waals surface area contributed by atoms with Crippen LogP contribution >= 0.6 is 0 Å². The van der Waals surface area contributed by atoms with E-state index in [1.165, 1.54) is 0 Å². The maximum absolute atomic E-state index is 4.19. The molecule has 0 unspecified atom stereocenters. The van der Waals surface area contributed by atoms with Crippen LogP contribution in [0.5, 0.6) is 0 Å². The van der Waals surface area contributed by atoms with Crippen LogP contribution in [0, 0.1) is 0 Å². The number of hydrogen-bond acceptors (Lipinski definition) is 3. The van der Waals surface area contributed by atoms with Gasteiger partial charge in [0.15, 0.2) is 0 Å². The molecular formula is C9H13N3. The van der Waals surface area contributed by atoms with Crippen LogP contribution in [0.15, 0.2) is 29.6 Å². The van der Waals surface area contributed by atoms with E-state index < -0.39 is 0 Å². The largest absolute Gasteiger partial charge is 0.269 e. The fraction of sp³-hybridized carbons (Fsp3) is 0.333. The third-order valence-electron chi connectivity index (χ3n) is 1.47. The predicted octanol–water partition coefficient (Wildman–Crippen LogP) is 1.91. The molecule has 0 saturated carbocycles. The lowest BCUT2D eigenvalue weighted by atomic mass is 10.4. The minimum Gasteiger partial charge on any atom is -0.269 e. The Bertz CT molecular complexity index is 243. The summed E-state index contributed by atoms with van der Waals surface area (Å²) >= 11 is 0. The van der Waals surface area contributed by atoms with Crippen molar-refractivity contribution in [1.29, 1.82) is 0 Å². The van der Waals surface area contributed by atoms with Gasteiger partial charge >= 0.3 is 0 Å². The highest BCUT2D eigenvalue weighted by molar-refractivity contribution is 5.59. The summed E-state index contributed by atoms with van der Waals surface area (Å²) in [5.74, 6) is 0. The van der Waals surface area contributed by atoms with E-state index in [4.69, 9.17) is 0 Å². The smallest absolute Gasteiger partial charge is 0.0621 e. The molecule has 0 saturated heterocycles. The van der Waals surface area contributed by atoms with Crippen molar-refractivity contribution in [2.45, 2.75) is 13.3 Å². The third-order valence-corrected chi connectivity index (χ3v) is 1.47. The molecule has 0 amide bonds. The van der Waals surface area contributed by atoms with Gasteiger partial charge in [-0.05, 0) is 18.6 Å². The second-order valence-electron chi connectivity index (χ2n) is 2.44. The summed E-state index contributed by atoms with van der Waals surface area (Å²) in [5, 5.41) is 6.02. The van der Waals surface area contributed by atoms with Gasteiger partial charge in [-0.1, -0.05) is 6.92 Å². The number of hydrogen-bond donors (Lipinski definition) is 0. The third kappa shape index (κ3) is 2.34. The Kier molecular flexibility index (Phi) is 3.26. The van der Waals surface area contributed by atoms with Gasteiger partial charge in [-0.2, -0.15) is 5.10 Å². The lowest BCUT2D eigenvalue weighted by Crippen LogP contribution is -2.08. The minimum absolute atomic E-state index is 0.954. The standard InChI is InChI=1S/C9H13N3/c1-3-6-11-12(2)9-4-7-10-8-5-9/h4-8H,3H2,1-2H3/b11-6-. The molecule has 0 aliphatic carbocycles. The molecule has 0 fully saturated rings. The highest BCUT2D eigenvalue weighted by atomic mass is 15.4. The molecule has 0 radical (unpaired) electrons. The molecule has 1 rings (SSSR count). The molecule has 0 aliphatic rings. The number of hydrazone groups is 1. The number of nitrogens with zero attached hydrogens (tertiary/aromatic N) is 3. The first kappa shape index (κ1) is 8.71. The van der Waals surface area contributed by atoms with Gasteiger partial charge in [0.1, 0.15) is 0 Å². The second-order valence-corrected chi connectivity index (χ2v) is 2.44. The van der Waals surface area contributed by atoms with Crippen molar-refractivity contribution in [3.8, 4) is 0 Å². The molecule has 3 heteroatoms. The van der Waals surface area contributed by atoms with Crippen molar-refractivity contribution in [2.24, 2.45) is 5.10 Å². The topological polar surface area (TPSA) is 28.5 Å². The van der Waals surface area contributed by atoms with E-state index in [1.54, 1.807) is 12.4 Å². The zero-order chi connectivity index (χ0) is 8.81. The Labute approximate surface area is 72.7 Å². The molecular weight excluding hydrogens is 150 g/mol. The van der Waals surface area contributed by atoms with Crippen molar-refractivity contribution < 1.29 is 0 Å². The van der Waals surface area contributed by atoms with Crippen molar-refractivity contribution in [3.05, 3.63) is 24.5 Å². The highest BCUT2D eigenvalue weighted by Gasteiger charge is 1.93. The molecule has 1 aromatic rings. The first-order chi connectivity index (χ1) is 5.84. The SMILES string of the molecule is CC/C=N\N(C)c1ccncc1. The van der Waals surface area contributed by atoms with Gasteiger partial charge < -0.3 is 0 Å². The van der Waals surface area contributed by atoms with Crippen molar-refractivity contribution in [3.63, 3.8) is 0 Å². The van der Waals surface area contributed by atoms with E-state index in [2.05, 4.69) is 17.0 Å². The molecule has 12 heavy (non-hydrogen) atoms. The Morgan fingerprint density at radius 1 is 1.50 bits per heavy atom. The molecule has 0 bridgehead atoms. The van der Waals surface area contributed by atoms with Crippen LogP contribution in [-0.2, 0) is 0 Å². The molecule has 3 nitrogen and oxygen atoms in total. The Hall–Kier alpha value is -1.38. The molecule has 0 aromatic carbocycles. The van der Waals surface area contributed by atoms with Gasteiger partial charge in [-0.3, -0.25) is 9.99 Å². The number of pyridine rings is 1. The lowest BCUT2D eigenvalue weighted by Gasteiger charge is -2.11. The van der Waals surface area contributed by atoms with Crippen molar-refractivity contribution in [2.75, 3.05) is 12.1 Å². The van der Waals surface area contributed by atoms with Crippen LogP contribution in [-0.4, -0.2) is 18.2 Å². The highest BCUT2D eigenvalue weighted by Crippen LogP contribution is 2.08. The molecule has 0 aliphatic heterocycles. The van der Waals surface area contributed by atoms with Gasteiger partial charge in [0.2, 0.25) is 0 Å². The first-order valence-corrected chi connectivity index (χ1v) is 4.00. The van der Waals surface area contributed by atoms with Crippen LogP contribution in [0.2, 0.25) is 0 Å². The van der Waals surface area contributed by atoms with Gasteiger partial charge in [0.25, 0.3) is 0 Å². The number of aromatic nitrogens is 1. The number of rotatable bonds is 3. The summed E-state index contributed by atoms with van der Waals surface area (Å²) in [4.78, 5) is 3.93. The quantitative estimate of drug-likeness (QED) is 0.503. The van der Waals surface area contributed by atoms with Gasteiger partial charge in [0.05, 0.1) is 5.69 Å². The molecule has 64 valence electrons. The fourth-order valence-electron chi connectivity index (χ4n) is 0.831. The van der Waals surface area contributed by atoms with Gasteiger partial charge in [-0.25, -0.2) is 0 Å². The van der Waals surface area contributed by atoms with Crippen LogP contribution < -0.4 is 5.01 Å². The summed E-state index contributed by atoms with van der Waals surface area (Å²) in [5.41, 5.74) is 1.05. The zero-order valence-corrected chi connectivity index (χ0v) is 7.44. The van der Waals surface area contributed by atoms with E-state index in [-0.39, 0.29) is 0 Å². The minimum atomic E-state index is 0.954. The van der Waals surface area contributed by atoms with Crippen LogP contribution in [0.4, 0.5) is 5.69 Å². The molecule has 0 N–H and O–H groups in total. The first-order valence-electron chi connectivity index (χ1n) is 4.00. The van der Waals surface area contributed by atoms with E-state index in [0.717, 1.165) is 12.1 Å². The second kappa shape index (κ2) is 4.49. The van der Waals surface area contributed by atoms with Crippen LogP contribution in [0.25, 0.3) is 0 Å². The summed E-state index contributed by atoms with van der Waals surface area (Å²) < 4.78 is 0.